The van der Waals surface area contributed by atoms with Gasteiger partial charge in [-0.3, -0.25) is 0 Å². The first-order chi connectivity index (χ1) is 9.21. The van der Waals surface area contributed by atoms with Gasteiger partial charge in [-0.1, -0.05) is 0 Å². The zero-order chi connectivity index (χ0) is 13.8. The molecule has 0 radical (unpaired) electrons. The summed E-state index contributed by atoms with van der Waals surface area (Å²) in [6, 6.07) is 4.47. The molecule has 0 spiro atoms. The summed E-state index contributed by atoms with van der Waals surface area (Å²) in [5, 5.41) is 3.37. The van der Waals surface area contributed by atoms with Gasteiger partial charge in [0.05, 0.1) is 21.3 Å². The number of rotatable bonds is 5. The Morgan fingerprint density at radius 2 is 1.74 bits per heavy atom. The maximum atomic E-state index is 5.38. The van der Waals surface area contributed by atoms with E-state index in [0.717, 1.165) is 25.2 Å². The van der Waals surface area contributed by atoms with Crippen molar-refractivity contribution in [3.05, 3.63) is 12.1 Å². The van der Waals surface area contributed by atoms with E-state index in [1.165, 1.54) is 0 Å². The lowest BCUT2D eigenvalue weighted by atomic mass is 10.2. The molecule has 1 fully saturated rings. The standard InChI is InChI=1S/C14H22N2O3/c1-16(10-5-6-15-9-10)11-7-12(17-2)14(19-4)13(8-11)18-3/h7-8,10,15H,5-6,9H2,1-4H3. The average molecular weight is 266 g/mol. The summed E-state index contributed by atoms with van der Waals surface area (Å²) in [7, 11) is 6.99. The molecule has 0 saturated carbocycles. The van der Waals surface area contributed by atoms with Crippen LogP contribution in [0.5, 0.6) is 17.2 Å². The van der Waals surface area contributed by atoms with Gasteiger partial charge in [0.2, 0.25) is 5.75 Å². The van der Waals surface area contributed by atoms with Crippen molar-refractivity contribution in [3.63, 3.8) is 0 Å². The summed E-state index contributed by atoms with van der Waals surface area (Å²) in [4.78, 5) is 2.25. The highest BCUT2D eigenvalue weighted by Crippen LogP contribution is 2.41. The second kappa shape index (κ2) is 6.02. The minimum absolute atomic E-state index is 0.503. The van der Waals surface area contributed by atoms with Gasteiger partial charge in [0.1, 0.15) is 0 Å². The van der Waals surface area contributed by atoms with Crippen LogP contribution in [-0.4, -0.2) is 47.5 Å². The van der Waals surface area contributed by atoms with Crippen LogP contribution < -0.4 is 24.4 Å². The van der Waals surface area contributed by atoms with E-state index in [0.29, 0.717) is 23.3 Å². The maximum Gasteiger partial charge on any atom is 0.203 e. The third-order valence-corrected chi connectivity index (χ3v) is 3.64. The van der Waals surface area contributed by atoms with E-state index in [9.17, 15) is 0 Å². The topological polar surface area (TPSA) is 43.0 Å². The van der Waals surface area contributed by atoms with Crippen molar-refractivity contribution in [2.75, 3.05) is 46.4 Å². The van der Waals surface area contributed by atoms with Crippen LogP contribution in [0.25, 0.3) is 0 Å². The van der Waals surface area contributed by atoms with Crippen LogP contribution >= 0.6 is 0 Å². The molecule has 106 valence electrons. The van der Waals surface area contributed by atoms with Crippen LogP contribution in [0.2, 0.25) is 0 Å². The van der Waals surface area contributed by atoms with Crippen LogP contribution in [0, 0.1) is 0 Å². The Morgan fingerprint density at radius 1 is 1.11 bits per heavy atom. The number of hydrogen-bond donors (Lipinski definition) is 1. The molecule has 19 heavy (non-hydrogen) atoms. The van der Waals surface area contributed by atoms with Gasteiger partial charge in [0.25, 0.3) is 0 Å². The molecular weight excluding hydrogens is 244 g/mol. The van der Waals surface area contributed by atoms with E-state index in [4.69, 9.17) is 14.2 Å². The number of nitrogens with one attached hydrogen (secondary N) is 1. The maximum absolute atomic E-state index is 5.38. The number of nitrogens with zero attached hydrogens (tertiary/aromatic N) is 1. The van der Waals surface area contributed by atoms with Crippen molar-refractivity contribution >= 4 is 5.69 Å². The average Bonchev–Trinajstić information content (AvgIpc) is 2.98. The highest BCUT2D eigenvalue weighted by atomic mass is 16.5. The molecule has 1 unspecified atom stereocenters. The van der Waals surface area contributed by atoms with Crippen molar-refractivity contribution in [1.82, 2.24) is 5.32 Å². The number of benzene rings is 1. The molecule has 5 heteroatoms. The van der Waals surface area contributed by atoms with Crippen LogP contribution in [0.4, 0.5) is 5.69 Å². The summed E-state index contributed by atoms with van der Waals surface area (Å²) in [6.07, 6.45) is 1.15. The van der Waals surface area contributed by atoms with Gasteiger partial charge in [0.15, 0.2) is 11.5 Å². The number of likely N-dealkylation sites (N-methyl/N-ethyl adjacent to an activating group) is 1. The molecule has 0 aliphatic carbocycles. The molecule has 1 aliphatic rings. The fourth-order valence-electron chi connectivity index (χ4n) is 2.45. The SMILES string of the molecule is COc1cc(N(C)C2CCNC2)cc(OC)c1OC. The molecule has 2 rings (SSSR count). The molecule has 1 saturated heterocycles. The van der Waals surface area contributed by atoms with Gasteiger partial charge in [-0.25, -0.2) is 0 Å². The molecule has 1 aromatic carbocycles. The van der Waals surface area contributed by atoms with Gasteiger partial charge in [0, 0.05) is 37.5 Å². The third kappa shape index (κ3) is 2.71. The van der Waals surface area contributed by atoms with E-state index in [2.05, 4.69) is 17.3 Å². The first-order valence-corrected chi connectivity index (χ1v) is 6.44. The number of hydrogen-bond acceptors (Lipinski definition) is 5. The highest BCUT2D eigenvalue weighted by Gasteiger charge is 2.22. The molecule has 0 bridgehead atoms. The van der Waals surface area contributed by atoms with E-state index in [1.807, 2.05) is 12.1 Å². The quantitative estimate of drug-likeness (QED) is 0.875. The predicted octanol–water partition coefficient (Wildman–Crippen LogP) is 1.51. The van der Waals surface area contributed by atoms with E-state index < -0.39 is 0 Å². The van der Waals surface area contributed by atoms with Gasteiger partial charge >= 0.3 is 0 Å². The smallest absolute Gasteiger partial charge is 0.203 e. The minimum atomic E-state index is 0.503. The fraction of sp³-hybridized carbons (Fsp3) is 0.571. The second-order valence-electron chi connectivity index (χ2n) is 4.64. The summed E-state index contributed by atoms with van der Waals surface area (Å²) in [5.41, 5.74) is 1.07. The van der Waals surface area contributed by atoms with Crippen molar-refractivity contribution < 1.29 is 14.2 Å². The van der Waals surface area contributed by atoms with Crippen molar-refractivity contribution in [1.29, 1.82) is 0 Å². The van der Waals surface area contributed by atoms with Gasteiger partial charge < -0.3 is 24.4 Å². The highest BCUT2D eigenvalue weighted by molar-refractivity contribution is 5.63. The van der Waals surface area contributed by atoms with E-state index in [1.54, 1.807) is 21.3 Å². The van der Waals surface area contributed by atoms with Crippen LogP contribution in [0.15, 0.2) is 12.1 Å². The first-order valence-electron chi connectivity index (χ1n) is 6.44. The van der Waals surface area contributed by atoms with E-state index >= 15 is 0 Å². The molecule has 1 atom stereocenters. The lowest BCUT2D eigenvalue weighted by Gasteiger charge is -2.27. The summed E-state index contributed by atoms with van der Waals surface area (Å²) >= 11 is 0. The predicted molar refractivity (Wildman–Crippen MR) is 75.8 cm³/mol. The zero-order valence-electron chi connectivity index (χ0n) is 12.0. The Hall–Kier alpha value is -1.62. The lowest BCUT2D eigenvalue weighted by Crippen LogP contribution is -2.33. The van der Waals surface area contributed by atoms with Crippen molar-refractivity contribution in [2.24, 2.45) is 0 Å². The Bertz CT molecular complexity index is 406. The number of ether oxygens (including phenoxy) is 3. The van der Waals surface area contributed by atoms with Gasteiger partial charge in [-0.05, 0) is 13.0 Å². The van der Waals surface area contributed by atoms with E-state index in [-0.39, 0.29) is 0 Å². The molecule has 1 aromatic rings. The summed E-state index contributed by atoms with van der Waals surface area (Å²) in [5.74, 6) is 2.01. The molecule has 0 amide bonds. The lowest BCUT2D eigenvalue weighted by molar-refractivity contribution is 0.324. The Balaban J connectivity index is 2.34. The Kier molecular flexibility index (Phi) is 4.37. The van der Waals surface area contributed by atoms with Gasteiger partial charge in [-0.15, -0.1) is 0 Å². The normalized spacial score (nSPS) is 18.2. The largest absolute Gasteiger partial charge is 0.493 e. The Morgan fingerprint density at radius 3 is 2.16 bits per heavy atom. The summed E-state index contributed by atoms with van der Waals surface area (Å²) < 4.78 is 16.1. The Labute approximate surface area is 114 Å². The van der Waals surface area contributed by atoms with Crippen LogP contribution in [0.1, 0.15) is 6.42 Å². The zero-order valence-corrected chi connectivity index (χ0v) is 12.0. The number of anilines is 1. The first kappa shape index (κ1) is 13.8. The molecule has 0 aromatic heterocycles. The van der Waals surface area contributed by atoms with Crippen molar-refractivity contribution in [2.45, 2.75) is 12.5 Å². The molecule has 1 N–H and O–H groups in total. The molecule has 1 heterocycles. The third-order valence-electron chi connectivity index (χ3n) is 3.64. The van der Waals surface area contributed by atoms with Crippen molar-refractivity contribution in [3.8, 4) is 17.2 Å². The molecule has 1 aliphatic heterocycles. The molecule has 5 nitrogen and oxygen atoms in total. The molecular formula is C14H22N2O3. The fourth-order valence-corrected chi connectivity index (χ4v) is 2.45. The van der Waals surface area contributed by atoms with Crippen LogP contribution in [0.3, 0.4) is 0 Å². The van der Waals surface area contributed by atoms with Crippen LogP contribution in [-0.2, 0) is 0 Å². The second-order valence-corrected chi connectivity index (χ2v) is 4.64. The number of methoxy groups -OCH3 is 3. The minimum Gasteiger partial charge on any atom is -0.493 e. The monoisotopic (exact) mass is 266 g/mol. The summed E-state index contributed by atoms with van der Waals surface area (Å²) in [6.45, 7) is 2.08. The van der Waals surface area contributed by atoms with Gasteiger partial charge in [-0.2, -0.15) is 0 Å².